The van der Waals surface area contributed by atoms with Gasteiger partial charge in [-0.1, -0.05) is 18.1 Å². The molecule has 3 fully saturated rings. The summed E-state index contributed by atoms with van der Waals surface area (Å²) in [6, 6.07) is 7.87. The second-order valence-electron chi connectivity index (χ2n) is 11.7. The number of methoxy groups -OCH3 is 1. The van der Waals surface area contributed by atoms with Gasteiger partial charge in [-0.25, -0.2) is 9.59 Å². The molecule has 2 aliphatic heterocycles. The van der Waals surface area contributed by atoms with Crippen LogP contribution in [-0.2, 0) is 19.0 Å². The number of carbonyl (C=O) groups excluding carboxylic acids is 3. The number of aryl methyl sites for hydroxylation is 1. The van der Waals surface area contributed by atoms with E-state index < -0.39 is 11.2 Å². The molecule has 0 bridgehead atoms. The second kappa shape index (κ2) is 11.9. The summed E-state index contributed by atoms with van der Waals surface area (Å²) >= 11 is 0. The van der Waals surface area contributed by atoms with Gasteiger partial charge in [0.2, 0.25) is 0 Å². The van der Waals surface area contributed by atoms with Crippen molar-refractivity contribution in [3.05, 3.63) is 35.4 Å². The zero-order valence-corrected chi connectivity index (χ0v) is 23.8. The molecule has 3 aliphatic rings. The summed E-state index contributed by atoms with van der Waals surface area (Å²) in [5, 5.41) is 0. The van der Waals surface area contributed by atoms with Gasteiger partial charge in [-0.05, 0) is 77.0 Å². The average Bonchev–Trinajstić information content (AvgIpc) is 3.32. The third kappa shape index (κ3) is 7.04. The maximum Gasteiger partial charge on any atom is 0.410 e. The first-order valence-corrected chi connectivity index (χ1v) is 13.9. The highest BCUT2D eigenvalue weighted by Crippen LogP contribution is 2.45. The van der Waals surface area contributed by atoms with Gasteiger partial charge in [-0.15, -0.1) is 0 Å². The van der Waals surface area contributed by atoms with Crippen molar-refractivity contribution in [2.45, 2.75) is 70.6 Å². The number of nitrogens with zero attached hydrogens (tertiary/aromatic N) is 3. The van der Waals surface area contributed by atoms with Crippen LogP contribution < -0.4 is 0 Å². The van der Waals surface area contributed by atoms with Crippen LogP contribution in [0.4, 0.5) is 9.59 Å². The first-order chi connectivity index (χ1) is 18.5. The number of likely N-dealkylation sites (tertiary alicyclic amines) is 1. The summed E-state index contributed by atoms with van der Waals surface area (Å²) in [4.78, 5) is 43.7. The Bertz CT molecular complexity index is 1130. The normalized spacial score (nSPS) is 25.3. The Morgan fingerprint density at radius 1 is 1.05 bits per heavy atom. The lowest BCUT2D eigenvalue weighted by molar-refractivity contribution is -0.164. The minimum atomic E-state index is -0.981. The van der Waals surface area contributed by atoms with E-state index in [1.54, 1.807) is 9.80 Å². The molecule has 1 aromatic carbocycles. The minimum absolute atomic E-state index is 0.0804. The number of esters is 1. The number of carbonyl (C=O) groups is 3. The molecule has 9 heteroatoms. The number of fused-ring (bicyclic) bond motifs is 1. The lowest BCUT2D eigenvalue weighted by Crippen LogP contribution is -2.54. The fourth-order valence-electron chi connectivity index (χ4n) is 5.90. The number of rotatable bonds is 3. The largest absolute Gasteiger partial charge is 0.453 e. The quantitative estimate of drug-likeness (QED) is 0.328. The highest BCUT2D eigenvalue weighted by Gasteiger charge is 2.54. The Balaban J connectivity index is 1.47. The van der Waals surface area contributed by atoms with Crippen molar-refractivity contribution < 1.29 is 28.6 Å². The molecule has 212 valence electrons. The summed E-state index contributed by atoms with van der Waals surface area (Å²) in [6.07, 6.45) is 2.26. The number of benzene rings is 1. The van der Waals surface area contributed by atoms with Crippen LogP contribution in [0.25, 0.3) is 0 Å². The van der Waals surface area contributed by atoms with E-state index in [1.807, 2.05) is 56.9 Å². The number of hydrogen-bond donors (Lipinski definition) is 0. The molecule has 0 N–H and O–H groups in total. The van der Waals surface area contributed by atoms with Crippen LogP contribution >= 0.6 is 0 Å². The molecule has 39 heavy (non-hydrogen) atoms. The van der Waals surface area contributed by atoms with Gasteiger partial charge in [0.15, 0.2) is 5.60 Å². The van der Waals surface area contributed by atoms with Crippen LogP contribution in [0.3, 0.4) is 0 Å². The average molecular weight is 540 g/mol. The summed E-state index contributed by atoms with van der Waals surface area (Å²) in [6.45, 7) is 10.3. The summed E-state index contributed by atoms with van der Waals surface area (Å²) < 4.78 is 16.8. The SMILES string of the molecule is COC(=O)N1CC[C@@H]2[C@H]1CCC[C@]2(C#Cc1cccc(C)c1)OC(=O)CN1CCN(C(=O)OC(C)(C)C)CC1. The van der Waals surface area contributed by atoms with E-state index in [1.165, 1.54) is 7.11 Å². The summed E-state index contributed by atoms with van der Waals surface area (Å²) in [5.74, 6) is 6.23. The van der Waals surface area contributed by atoms with Crippen LogP contribution in [0.15, 0.2) is 24.3 Å². The van der Waals surface area contributed by atoms with Crippen molar-refractivity contribution in [2.75, 3.05) is 46.4 Å². The molecule has 1 aliphatic carbocycles. The van der Waals surface area contributed by atoms with Crippen LogP contribution in [0, 0.1) is 24.7 Å². The Hall–Kier alpha value is -3.25. The van der Waals surface area contributed by atoms with Gasteiger partial charge in [-0.2, -0.15) is 0 Å². The standard InChI is InChI=1S/C30H41N3O6/c1-22-8-6-9-23(20-22)11-14-30(13-7-10-25-24(30)12-15-33(25)28(36)37-5)38-26(34)21-31-16-18-32(19-17-31)27(35)39-29(2,3)4/h6,8-9,20,24-25H,7,10,12-13,15-19,21H2,1-5H3/t24-,25-,30-/m1/s1. The van der Waals surface area contributed by atoms with Gasteiger partial charge in [0.25, 0.3) is 0 Å². The molecule has 1 aromatic rings. The number of piperazine rings is 1. The monoisotopic (exact) mass is 539 g/mol. The van der Waals surface area contributed by atoms with E-state index in [0.717, 1.165) is 24.0 Å². The highest BCUT2D eigenvalue weighted by atomic mass is 16.6. The minimum Gasteiger partial charge on any atom is -0.453 e. The van der Waals surface area contributed by atoms with Crippen LogP contribution in [0.2, 0.25) is 0 Å². The Labute approximate surface area is 231 Å². The van der Waals surface area contributed by atoms with Gasteiger partial charge in [-0.3, -0.25) is 9.69 Å². The van der Waals surface area contributed by atoms with E-state index in [0.29, 0.717) is 45.6 Å². The first-order valence-electron chi connectivity index (χ1n) is 13.9. The lowest BCUT2D eigenvalue weighted by Gasteiger charge is -2.43. The highest BCUT2D eigenvalue weighted by molar-refractivity contribution is 5.73. The number of hydrogen-bond acceptors (Lipinski definition) is 7. The molecule has 4 rings (SSSR count). The lowest BCUT2D eigenvalue weighted by atomic mass is 9.72. The molecule has 2 amide bonds. The molecule has 0 spiro atoms. The van der Waals surface area contributed by atoms with Crippen LogP contribution in [-0.4, -0.2) is 96.5 Å². The van der Waals surface area contributed by atoms with Crippen LogP contribution in [0.5, 0.6) is 0 Å². The molecule has 2 heterocycles. The van der Waals surface area contributed by atoms with E-state index in [4.69, 9.17) is 14.2 Å². The van der Waals surface area contributed by atoms with Crippen molar-refractivity contribution in [1.29, 1.82) is 0 Å². The Morgan fingerprint density at radius 2 is 1.79 bits per heavy atom. The maximum absolute atomic E-state index is 13.4. The maximum atomic E-state index is 13.4. The van der Waals surface area contributed by atoms with Crippen molar-refractivity contribution in [2.24, 2.45) is 5.92 Å². The van der Waals surface area contributed by atoms with Crippen molar-refractivity contribution in [3.8, 4) is 11.8 Å². The number of ether oxygens (including phenoxy) is 3. The van der Waals surface area contributed by atoms with Gasteiger partial charge in [0.1, 0.15) is 5.60 Å². The molecule has 0 radical (unpaired) electrons. The fraction of sp³-hybridized carbons (Fsp3) is 0.633. The molecule has 1 saturated carbocycles. The van der Waals surface area contributed by atoms with Gasteiger partial charge < -0.3 is 24.0 Å². The third-order valence-corrected chi connectivity index (χ3v) is 7.71. The first kappa shape index (κ1) is 28.8. The molecular weight excluding hydrogens is 498 g/mol. The molecular formula is C30H41N3O6. The van der Waals surface area contributed by atoms with Crippen molar-refractivity contribution in [3.63, 3.8) is 0 Å². The molecule has 3 atom stereocenters. The topological polar surface area (TPSA) is 88.6 Å². The zero-order valence-electron chi connectivity index (χ0n) is 23.8. The predicted molar refractivity (Wildman–Crippen MR) is 146 cm³/mol. The smallest absolute Gasteiger partial charge is 0.410 e. The van der Waals surface area contributed by atoms with Crippen molar-refractivity contribution >= 4 is 18.2 Å². The van der Waals surface area contributed by atoms with E-state index in [2.05, 4.69) is 11.8 Å². The van der Waals surface area contributed by atoms with Crippen molar-refractivity contribution in [1.82, 2.24) is 14.7 Å². The van der Waals surface area contributed by atoms with Crippen LogP contribution in [0.1, 0.15) is 57.6 Å². The Kier molecular flexibility index (Phi) is 8.75. The van der Waals surface area contributed by atoms with E-state index in [9.17, 15) is 14.4 Å². The number of amides is 2. The van der Waals surface area contributed by atoms with Gasteiger partial charge in [0, 0.05) is 50.2 Å². The molecule has 9 nitrogen and oxygen atoms in total. The predicted octanol–water partition coefficient (Wildman–Crippen LogP) is 3.82. The van der Waals surface area contributed by atoms with E-state index >= 15 is 0 Å². The van der Waals surface area contributed by atoms with Gasteiger partial charge in [0.05, 0.1) is 13.7 Å². The summed E-state index contributed by atoms with van der Waals surface area (Å²) in [7, 11) is 1.39. The fourth-order valence-corrected chi connectivity index (χ4v) is 5.90. The van der Waals surface area contributed by atoms with E-state index in [-0.39, 0.29) is 36.7 Å². The molecule has 0 aromatic heterocycles. The van der Waals surface area contributed by atoms with Gasteiger partial charge >= 0.3 is 18.2 Å². The molecule has 2 saturated heterocycles. The molecule has 0 unspecified atom stereocenters. The Morgan fingerprint density at radius 3 is 2.46 bits per heavy atom. The third-order valence-electron chi connectivity index (χ3n) is 7.71. The summed E-state index contributed by atoms with van der Waals surface area (Å²) in [5.41, 5.74) is 0.448. The second-order valence-corrected chi connectivity index (χ2v) is 11.7. The zero-order chi connectivity index (χ0) is 28.2.